The Morgan fingerprint density at radius 2 is 1.92 bits per heavy atom. The van der Waals surface area contributed by atoms with Crippen LogP contribution in [-0.4, -0.2) is 31.1 Å². The molecule has 0 atom stereocenters. The van der Waals surface area contributed by atoms with Crippen LogP contribution in [0.2, 0.25) is 15.1 Å². The number of aliphatic imine (C=N–C) groups is 1. The lowest BCUT2D eigenvalue weighted by molar-refractivity contribution is 0.322. The first-order chi connectivity index (χ1) is 11.5. The summed E-state index contributed by atoms with van der Waals surface area (Å²) in [6.07, 6.45) is 1.86. The van der Waals surface area contributed by atoms with Gasteiger partial charge in [0.15, 0.2) is 11.7 Å². The van der Waals surface area contributed by atoms with E-state index in [1.54, 1.807) is 30.5 Å². The summed E-state index contributed by atoms with van der Waals surface area (Å²) in [4.78, 5) is 9.52. The number of benzene rings is 1. The van der Waals surface area contributed by atoms with E-state index in [-0.39, 0.29) is 24.0 Å². The molecule has 2 rings (SSSR count). The van der Waals surface area contributed by atoms with Crippen molar-refractivity contribution < 1.29 is 4.74 Å². The van der Waals surface area contributed by atoms with Gasteiger partial charge in [-0.2, -0.15) is 0 Å². The van der Waals surface area contributed by atoms with Crippen molar-refractivity contribution in [2.45, 2.75) is 13.5 Å². The van der Waals surface area contributed by atoms with Gasteiger partial charge < -0.3 is 15.4 Å². The fourth-order valence-corrected chi connectivity index (χ4v) is 3.53. The van der Waals surface area contributed by atoms with Gasteiger partial charge in [-0.1, -0.05) is 34.8 Å². The summed E-state index contributed by atoms with van der Waals surface area (Å²) in [5, 5.41) is 8.65. The molecule has 0 saturated carbocycles. The van der Waals surface area contributed by atoms with Crippen molar-refractivity contribution in [1.82, 2.24) is 15.6 Å². The Hall–Kier alpha value is -0.480. The zero-order valence-electron chi connectivity index (χ0n) is 13.6. The fourth-order valence-electron chi connectivity index (χ4n) is 1.87. The fraction of sp³-hybridized carbons (Fsp3) is 0.333. The van der Waals surface area contributed by atoms with E-state index in [4.69, 9.17) is 39.5 Å². The first-order valence-electron chi connectivity index (χ1n) is 7.12. The van der Waals surface area contributed by atoms with Crippen LogP contribution in [0.5, 0.6) is 5.75 Å². The van der Waals surface area contributed by atoms with Crippen molar-refractivity contribution >= 4 is 76.1 Å². The number of aromatic nitrogens is 1. The molecule has 1 aromatic heterocycles. The molecule has 25 heavy (non-hydrogen) atoms. The maximum absolute atomic E-state index is 6.07. The zero-order chi connectivity index (χ0) is 17.5. The molecule has 138 valence electrons. The summed E-state index contributed by atoms with van der Waals surface area (Å²) in [6.45, 7) is 3.56. The molecule has 1 heterocycles. The Balaban J connectivity index is 0.00000312. The minimum Gasteiger partial charge on any atom is -0.489 e. The van der Waals surface area contributed by atoms with Gasteiger partial charge in [0, 0.05) is 23.1 Å². The minimum absolute atomic E-state index is 0. The molecule has 0 unspecified atom stereocenters. The first-order valence-corrected chi connectivity index (χ1v) is 9.08. The van der Waals surface area contributed by atoms with Crippen molar-refractivity contribution in [2.24, 2.45) is 4.99 Å². The van der Waals surface area contributed by atoms with E-state index in [0.29, 0.717) is 46.5 Å². The summed E-state index contributed by atoms with van der Waals surface area (Å²) in [5.41, 5.74) is 0. The van der Waals surface area contributed by atoms with Gasteiger partial charge in [0.05, 0.1) is 28.1 Å². The van der Waals surface area contributed by atoms with Crippen LogP contribution in [-0.2, 0) is 6.54 Å². The van der Waals surface area contributed by atoms with E-state index in [2.05, 4.69) is 20.6 Å². The van der Waals surface area contributed by atoms with Gasteiger partial charge in [0.1, 0.15) is 6.61 Å². The first kappa shape index (κ1) is 22.6. The third-order valence-electron chi connectivity index (χ3n) is 2.93. The SMILES string of the molecule is CN=C(NCCOc1c(Cl)cc(Cl)cc1Cl)NCc1cnc(C)s1.I. The predicted molar refractivity (Wildman–Crippen MR) is 117 cm³/mol. The average molecular weight is 536 g/mol. The molecule has 0 aliphatic carbocycles. The quantitative estimate of drug-likeness (QED) is 0.242. The minimum atomic E-state index is 0. The van der Waals surface area contributed by atoms with E-state index in [9.17, 15) is 0 Å². The number of nitrogens with one attached hydrogen (secondary N) is 2. The van der Waals surface area contributed by atoms with E-state index < -0.39 is 0 Å². The van der Waals surface area contributed by atoms with Gasteiger partial charge in [-0.05, 0) is 19.1 Å². The summed E-state index contributed by atoms with van der Waals surface area (Å²) in [7, 11) is 1.71. The molecule has 0 bridgehead atoms. The average Bonchev–Trinajstić information content (AvgIpc) is 2.94. The number of hydrogen-bond acceptors (Lipinski definition) is 4. The Bertz CT molecular complexity index is 704. The number of hydrogen-bond donors (Lipinski definition) is 2. The maximum Gasteiger partial charge on any atom is 0.191 e. The van der Waals surface area contributed by atoms with Crippen LogP contribution in [0.25, 0.3) is 0 Å². The zero-order valence-corrected chi connectivity index (χ0v) is 19.0. The molecule has 2 N–H and O–H groups in total. The second-order valence-corrected chi connectivity index (χ2v) is 7.32. The molecule has 5 nitrogen and oxygen atoms in total. The van der Waals surface area contributed by atoms with Gasteiger partial charge in [-0.3, -0.25) is 4.99 Å². The molecular formula is C15H18Cl3IN4OS. The second-order valence-electron chi connectivity index (χ2n) is 4.75. The molecule has 0 amide bonds. The Labute approximate surface area is 183 Å². The maximum atomic E-state index is 6.07. The number of thiazole rings is 1. The third kappa shape index (κ3) is 7.34. The van der Waals surface area contributed by atoms with Gasteiger partial charge in [0.2, 0.25) is 0 Å². The summed E-state index contributed by atoms with van der Waals surface area (Å²) < 4.78 is 5.61. The number of rotatable bonds is 6. The van der Waals surface area contributed by atoms with Crippen LogP contribution in [0.3, 0.4) is 0 Å². The molecule has 0 radical (unpaired) electrons. The summed E-state index contributed by atoms with van der Waals surface area (Å²) in [5.74, 6) is 1.10. The Morgan fingerprint density at radius 3 is 2.48 bits per heavy atom. The predicted octanol–water partition coefficient (Wildman–Crippen LogP) is 4.77. The number of nitrogens with zero attached hydrogens (tertiary/aromatic N) is 2. The number of halogens is 4. The van der Waals surface area contributed by atoms with Crippen molar-refractivity contribution in [3.8, 4) is 5.75 Å². The second kappa shape index (κ2) is 11.3. The number of guanidine groups is 1. The topological polar surface area (TPSA) is 58.5 Å². The highest BCUT2D eigenvalue weighted by Crippen LogP contribution is 2.35. The summed E-state index contributed by atoms with van der Waals surface area (Å²) >= 11 is 19.7. The van der Waals surface area contributed by atoms with Crippen molar-refractivity contribution in [3.63, 3.8) is 0 Å². The van der Waals surface area contributed by atoms with Crippen LogP contribution < -0.4 is 15.4 Å². The molecule has 0 saturated heterocycles. The van der Waals surface area contributed by atoms with Crippen LogP contribution in [0, 0.1) is 6.92 Å². The highest BCUT2D eigenvalue weighted by molar-refractivity contribution is 14.0. The Kier molecular flexibility index (Phi) is 10.2. The molecule has 0 aliphatic heterocycles. The van der Waals surface area contributed by atoms with E-state index in [1.165, 1.54) is 0 Å². The lowest BCUT2D eigenvalue weighted by Gasteiger charge is -2.13. The van der Waals surface area contributed by atoms with E-state index in [0.717, 1.165) is 9.88 Å². The van der Waals surface area contributed by atoms with Gasteiger partial charge in [-0.25, -0.2) is 4.98 Å². The lowest BCUT2D eigenvalue weighted by atomic mass is 10.3. The smallest absolute Gasteiger partial charge is 0.191 e. The number of ether oxygens (including phenoxy) is 1. The molecule has 1 aromatic carbocycles. The molecule has 0 aliphatic rings. The highest BCUT2D eigenvalue weighted by atomic mass is 127. The molecule has 10 heteroatoms. The van der Waals surface area contributed by atoms with Crippen LogP contribution >= 0.6 is 70.1 Å². The van der Waals surface area contributed by atoms with Crippen LogP contribution in [0.1, 0.15) is 9.88 Å². The van der Waals surface area contributed by atoms with Crippen LogP contribution in [0.15, 0.2) is 23.3 Å². The Morgan fingerprint density at radius 1 is 1.24 bits per heavy atom. The lowest BCUT2D eigenvalue weighted by Crippen LogP contribution is -2.38. The van der Waals surface area contributed by atoms with E-state index in [1.807, 2.05) is 13.1 Å². The van der Waals surface area contributed by atoms with Crippen molar-refractivity contribution in [3.05, 3.63) is 43.3 Å². The van der Waals surface area contributed by atoms with Gasteiger partial charge in [-0.15, -0.1) is 35.3 Å². The largest absolute Gasteiger partial charge is 0.489 e. The van der Waals surface area contributed by atoms with Crippen molar-refractivity contribution in [1.29, 1.82) is 0 Å². The normalized spacial score (nSPS) is 11.0. The monoisotopic (exact) mass is 534 g/mol. The number of aryl methyl sites for hydroxylation is 1. The highest BCUT2D eigenvalue weighted by Gasteiger charge is 2.09. The van der Waals surface area contributed by atoms with E-state index >= 15 is 0 Å². The van der Waals surface area contributed by atoms with Crippen LogP contribution in [0.4, 0.5) is 0 Å². The van der Waals surface area contributed by atoms with Gasteiger partial charge in [0.25, 0.3) is 0 Å². The molecule has 0 fully saturated rings. The standard InChI is InChI=1S/C15H17Cl3N4OS.HI/c1-9-21-7-11(24-9)8-22-15(19-2)20-3-4-23-14-12(17)5-10(16)6-13(14)18;/h5-7H,3-4,8H2,1-2H3,(H2,19,20,22);1H. The van der Waals surface area contributed by atoms with Crippen molar-refractivity contribution in [2.75, 3.05) is 20.2 Å². The van der Waals surface area contributed by atoms with Gasteiger partial charge >= 0.3 is 0 Å². The molecular weight excluding hydrogens is 518 g/mol. The molecule has 0 spiro atoms. The summed E-state index contributed by atoms with van der Waals surface area (Å²) in [6, 6.07) is 3.19. The molecule has 2 aromatic rings. The third-order valence-corrected chi connectivity index (χ3v) is 4.62.